The van der Waals surface area contributed by atoms with Crippen molar-refractivity contribution in [2.45, 2.75) is 45.4 Å². The van der Waals surface area contributed by atoms with Crippen molar-refractivity contribution in [3.05, 3.63) is 24.3 Å². The van der Waals surface area contributed by atoms with Crippen molar-refractivity contribution >= 4 is 23.4 Å². The lowest BCUT2D eigenvalue weighted by atomic mass is 10.3. The third-order valence-electron chi connectivity index (χ3n) is 2.29. The number of carbonyl (C=O) groups excluding carboxylic acids is 1. The van der Waals surface area contributed by atoms with Crippen LogP contribution in [-0.2, 0) is 4.79 Å². The lowest BCUT2D eigenvalue weighted by molar-refractivity contribution is -0.117. The lowest BCUT2D eigenvalue weighted by Crippen LogP contribution is -2.13. The van der Waals surface area contributed by atoms with Gasteiger partial charge in [-0.2, -0.15) is 0 Å². The topological polar surface area (TPSA) is 29.1 Å². The molecule has 1 amide bonds. The van der Waals surface area contributed by atoms with Gasteiger partial charge < -0.3 is 5.32 Å². The van der Waals surface area contributed by atoms with Gasteiger partial charge >= 0.3 is 0 Å². The SMILES string of the molecule is CC.CC.CSc1cccc(NC(=O)C2CC2)c1. The summed E-state index contributed by atoms with van der Waals surface area (Å²) in [5, 5.41) is 2.93. The van der Waals surface area contributed by atoms with E-state index in [1.807, 2.05) is 58.2 Å². The van der Waals surface area contributed by atoms with E-state index in [9.17, 15) is 4.79 Å². The van der Waals surface area contributed by atoms with Crippen LogP contribution in [0.25, 0.3) is 0 Å². The minimum atomic E-state index is 0.170. The van der Waals surface area contributed by atoms with Crippen LogP contribution >= 0.6 is 11.8 Å². The summed E-state index contributed by atoms with van der Waals surface area (Å²) in [6.45, 7) is 8.00. The second kappa shape index (κ2) is 10.0. The quantitative estimate of drug-likeness (QED) is 0.796. The van der Waals surface area contributed by atoms with Crippen molar-refractivity contribution < 1.29 is 4.79 Å². The fraction of sp³-hybridized carbons (Fsp3) is 0.533. The zero-order valence-corrected chi connectivity index (χ0v) is 12.9. The van der Waals surface area contributed by atoms with E-state index in [-0.39, 0.29) is 11.8 Å². The molecule has 0 bridgehead atoms. The first-order valence-electron chi connectivity index (χ1n) is 6.74. The van der Waals surface area contributed by atoms with Crippen LogP contribution in [0.15, 0.2) is 29.2 Å². The maximum absolute atomic E-state index is 11.5. The number of hydrogen-bond donors (Lipinski definition) is 1. The molecule has 1 aromatic carbocycles. The molecule has 0 saturated heterocycles. The first kappa shape index (κ1) is 17.0. The molecule has 18 heavy (non-hydrogen) atoms. The predicted molar refractivity (Wildman–Crippen MR) is 82.3 cm³/mol. The Hall–Kier alpha value is -0.960. The molecule has 1 aliphatic rings. The van der Waals surface area contributed by atoms with Crippen LogP contribution in [0.4, 0.5) is 5.69 Å². The molecule has 2 nitrogen and oxygen atoms in total. The smallest absolute Gasteiger partial charge is 0.227 e. The fourth-order valence-corrected chi connectivity index (χ4v) is 1.75. The van der Waals surface area contributed by atoms with E-state index < -0.39 is 0 Å². The summed E-state index contributed by atoms with van der Waals surface area (Å²) in [6, 6.07) is 7.94. The van der Waals surface area contributed by atoms with E-state index in [0.717, 1.165) is 18.5 Å². The van der Waals surface area contributed by atoms with Gasteiger partial charge in [-0.05, 0) is 37.3 Å². The van der Waals surface area contributed by atoms with Gasteiger partial charge in [0.15, 0.2) is 0 Å². The first-order chi connectivity index (χ1) is 8.79. The van der Waals surface area contributed by atoms with Gasteiger partial charge in [0.25, 0.3) is 0 Å². The molecule has 1 saturated carbocycles. The maximum atomic E-state index is 11.5. The minimum Gasteiger partial charge on any atom is -0.326 e. The Labute approximate surface area is 116 Å². The van der Waals surface area contributed by atoms with Gasteiger partial charge in [-0.25, -0.2) is 0 Å². The number of thioether (sulfide) groups is 1. The monoisotopic (exact) mass is 267 g/mol. The zero-order valence-electron chi connectivity index (χ0n) is 12.1. The number of amides is 1. The number of hydrogen-bond acceptors (Lipinski definition) is 2. The molecule has 0 radical (unpaired) electrons. The van der Waals surface area contributed by atoms with Gasteiger partial charge in [-0.1, -0.05) is 33.8 Å². The minimum absolute atomic E-state index is 0.170. The maximum Gasteiger partial charge on any atom is 0.227 e. The first-order valence-corrected chi connectivity index (χ1v) is 7.97. The molecule has 0 spiro atoms. The largest absolute Gasteiger partial charge is 0.326 e. The number of rotatable bonds is 3. The van der Waals surface area contributed by atoms with Crippen LogP contribution in [0, 0.1) is 5.92 Å². The summed E-state index contributed by atoms with van der Waals surface area (Å²) in [6.07, 6.45) is 4.13. The summed E-state index contributed by atoms with van der Waals surface area (Å²) in [5.74, 6) is 0.441. The Morgan fingerprint density at radius 3 is 2.33 bits per heavy atom. The van der Waals surface area contributed by atoms with Crippen molar-refractivity contribution in [1.82, 2.24) is 0 Å². The highest BCUT2D eigenvalue weighted by Gasteiger charge is 2.29. The van der Waals surface area contributed by atoms with E-state index in [0.29, 0.717) is 0 Å². The zero-order chi connectivity index (χ0) is 14.0. The average molecular weight is 267 g/mol. The van der Waals surface area contributed by atoms with Gasteiger partial charge in [-0.3, -0.25) is 4.79 Å². The molecule has 1 aliphatic carbocycles. The highest BCUT2D eigenvalue weighted by molar-refractivity contribution is 7.98. The summed E-state index contributed by atoms with van der Waals surface area (Å²) in [4.78, 5) is 12.6. The van der Waals surface area contributed by atoms with E-state index >= 15 is 0 Å². The Bertz CT molecular complexity index is 348. The normalized spacial score (nSPS) is 12.5. The van der Waals surface area contributed by atoms with Crippen LogP contribution in [0.3, 0.4) is 0 Å². The lowest BCUT2D eigenvalue weighted by Gasteiger charge is -2.05. The predicted octanol–water partition coefficient (Wildman–Crippen LogP) is 4.81. The van der Waals surface area contributed by atoms with Crippen LogP contribution in [0.1, 0.15) is 40.5 Å². The standard InChI is InChI=1S/C11H13NOS.2C2H6/c1-14-10-4-2-3-9(7-10)12-11(13)8-5-6-8;2*1-2/h2-4,7-8H,5-6H2,1H3,(H,12,13);2*1-2H3. The van der Waals surface area contributed by atoms with E-state index in [1.165, 1.54) is 4.90 Å². The van der Waals surface area contributed by atoms with Gasteiger partial charge in [-0.15, -0.1) is 11.8 Å². The molecule has 0 atom stereocenters. The fourth-order valence-electron chi connectivity index (χ4n) is 1.29. The Kier molecular flexibility index (Phi) is 9.47. The van der Waals surface area contributed by atoms with Crippen molar-refractivity contribution in [2.24, 2.45) is 5.92 Å². The molecule has 1 aromatic rings. The van der Waals surface area contributed by atoms with E-state index in [1.54, 1.807) is 11.8 Å². The molecule has 0 aliphatic heterocycles. The second-order valence-electron chi connectivity index (χ2n) is 3.50. The Morgan fingerprint density at radius 1 is 1.22 bits per heavy atom. The second-order valence-corrected chi connectivity index (χ2v) is 4.38. The van der Waals surface area contributed by atoms with Gasteiger partial charge in [0.1, 0.15) is 0 Å². The van der Waals surface area contributed by atoms with E-state index in [4.69, 9.17) is 0 Å². The van der Waals surface area contributed by atoms with Gasteiger partial charge in [0, 0.05) is 16.5 Å². The molecule has 0 unspecified atom stereocenters. The Morgan fingerprint density at radius 2 is 1.83 bits per heavy atom. The summed E-state index contributed by atoms with van der Waals surface area (Å²) >= 11 is 1.68. The van der Waals surface area contributed by atoms with Crippen LogP contribution in [-0.4, -0.2) is 12.2 Å². The summed E-state index contributed by atoms with van der Waals surface area (Å²) < 4.78 is 0. The molecular weight excluding hydrogens is 242 g/mol. The number of nitrogens with one attached hydrogen (secondary N) is 1. The highest BCUT2D eigenvalue weighted by Crippen LogP contribution is 2.30. The van der Waals surface area contributed by atoms with Crippen LogP contribution in [0.2, 0.25) is 0 Å². The van der Waals surface area contributed by atoms with Crippen molar-refractivity contribution in [3.8, 4) is 0 Å². The van der Waals surface area contributed by atoms with Crippen molar-refractivity contribution in [3.63, 3.8) is 0 Å². The number of carbonyl (C=O) groups is 1. The molecule has 1 fully saturated rings. The van der Waals surface area contributed by atoms with Crippen LogP contribution in [0.5, 0.6) is 0 Å². The molecule has 3 heteroatoms. The Balaban J connectivity index is 0.000000659. The van der Waals surface area contributed by atoms with Gasteiger partial charge in [0.2, 0.25) is 5.91 Å². The van der Waals surface area contributed by atoms with Gasteiger partial charge in [0.05, 0.1) is 0 Å². The molecule has 0 heterocycles. The van der Waals surface area contributed by atoms with Crippen molar-refractivity contribution in [1.29, 1.82) is 0 Å². The third-order valence-corrected chi connectivity index (χ3v) is 3.01. The van der Waals surface area contributed by atoms with Crippen LogP contribution < -0.4 is 5.32 Å². The van der Waals surface area contributed by atoms with Crippen molar-refractivity contribution in [2.75, 3.05) is 11.6 Å². The third kappa shape index (κ3) is 6.10. The highest BCUT2D eigenvalue weighted by atomic mass is 32.2. The summed E-state index contributed by atoms with van der Waals surface area (Å²) in [5.41, 5.74) is 0.911. The number of benzene rings is 1. The molecule has 0 aromatic heterocycles. The number of anilines is 1. The molecule has 2 rings (SSSR count). The average Bonchev–Trinajstić information content (AvgIpc) is 3.28. The summed E-state index contributed by atoms with van der Waals surface area (Å²) in [7, 11) is 0. The molecule has 1 N–H and O–H groups in total. The molecule has 102 valence electrons. The van der Waals surface area contributed by atoms with E-state index in [2.05, 4.69) is 5.32 Å². The molecular formula is C15H25NOS.